The molecule has 0 aliphatic carbocycles. The van der Waals surface area contributed by atoms with E-state index >= 15 is 0 Å². The van der Waals surface area contributed by atoms with Gasteiger partial charge in [0.1, 0.15) is 6.54 Å². The van der Waals surface area contributed by atoms with Crippen LogP contribution >= 0.6 is 11.6 Å². The van der Waals surface area contributed by atoms with E-state index in [1.807, 2.05) is 54.8 Å². The van der Waals surface area contributed by atoms with Gasteiger partial charge in [-0.05, 0) is 69.3 Å². The summed E-state index contributed by atoms with van der Waals surface area (Å²) in [5.74, 6) is -0.864. The number of aromatic nitrogens is 1. The number of alkyl halides is 3. The number of para-hydroxylation sites is 1. The number of halogens is 4. The van der Waals surface area contributed by atoms with Gasteiger partial charge in [-0.25, -0.2) is 13.8 Å². The van der Waals surface area contributed by atoms with E-state index in [2.05, 4.69) is 10.5 Å². The fourth-order valence-corrected chi connectivity index (χ4v) is 5.91. The number of amides is 1. The lowest BCUT2D eigenvalue weighted by atomic mass is 10.2. The van der Waals surface area contributed by atoms with E-state index in [-0.39, 0.29) is 10.6 Å². The smallest absolute Gasteiger partial charge is 0.318 e. The first-order valence-electron chi connectivity index (χ1n) is 12.3. The van der Waals surface area contributed by atoms with Crippen LogP contribution in [0.25, 0.3) is 5.69 Å². The third-order valence-corrected chi connectivity index (χ3v) is 8.43. The second kappa shape index (κ2) is 11.8. The summed E-state index contributed by atoms with van der Waals surface area (Å²) in [6.45, 7) is 4.73. The lowest BCUT2D eigenvalue weighted by Crippen LogP contribution is -2.39. The molecule has 1 heterocycles. The zero-order valence-electron chi connectivity index (χ0n) is 22.3. The molecule has 1 amide bonds. The number of hydrazone groups is 1. The number of hydrogen-bond acceptors (Lipinski definition) is 4. The van der Waals surface area contributed by atoms with Crippen LogP contribution in [0.1, 0.15) is 28.1 Å². The summed E-state index contributed by atoms with van der Waals surface area (Å²) in [5, 5.41) is 3.37. The van der Waals surface area contributed by atoms with Crippen molar-refractivity contribution in [2.24, 2.45) is 5.10 Å². The summed E-state index contributed by atoms with van der Waals surface area (Å²) in [4.78, 5) is 12.7. The molecule has 4 aromatic rings. The maximum atomic E-state index is 13.6. The second-order valence-corrected chi connectivity index (χ2v) is 11.5. The molecule has 0 saturated heterocycles. The van der Waals surface area contributed by atoms with Crippen LogP contribution in [-0.4, -0.2) is 31.7 Å². The Morgan fingerprint density at radius 3 is 2.29 bits per heavy atom. The van der Waals surface area contributed by atoms with Crippen LogP contribution in [0.4, 0.5) is 18.9 Å². The normalized spacial score (nSPS) is 12.1. The Morgan fingerprint density at radius 2 is 1.66 bits per heavy atom. The summed E-state index contributed by atoms with van der Waals surface area (Å²) >= 11 is 5.74. The molecular weight excluding hydrogens is 577 g/mol. The van der Waals surface area contributed by atoms with Crippen molar-refractivity contribution in [1.82, 2.24) is 9.99 Å². The largest absolute Gasteiger partial charge is 0.417 e. The number of aryl methyl sites for hydroxylation is 2. The molecule has 214 valence electrons. The minimum atomic E-state index is -4.84. The molecule has 1 N–H and O–H groups in total. The van der Waals surface area contributed by atoms with Crippen molar-refractivity contribution in [1.29, 1.82) is 0 Å². The Morgan fingerprint density at radius 1 is 1.00 bits per heavy atom. The molecule has 1 aromatic heterocycles. The summed E-state index contributed by atoms with van der Waals surface area (Å²) in [7, 11) is -4.45. The number of nitrogens with one attached hydrogen (secondary N) is 1. The van der Waals surface area contributed by atoms with Crippen LogP contribution in [0.3, 0.4) is 0 Å². The highest BCUT2D eigenvalue weighted by atomic mass is 35.5. The molecule has 12 heteroatoms. The van der Waals surface area contributed by atoms with E-state index in [0.29, 0.717) is 15.9 Å². The van der Waals surface area contributed by atoms with Crippen molar-refractivity contribution < 1.29 is 26.4 Å². The molecule has 0 radical (unpaired) electrons. The minimum Gasteiger partial charge on any atom is -0.318 e. The number of carbonyl (C=O) groups is 1. The standard InChI is InChI=1S/C29H26ClF3N4O3S/c1-19-9-12-25(13-10-19)41(39,40)36(24-11-14-27(30)26(16-24)29(31,32)33)18-28(38)35-34-17-22-15-20(2)37(21(22)3)23-7-5-4-6-8-23/h4-17H,18H2,1-3H3,(H,35,38)/b34-17-. The van der Waals surface area contributed by atoms with E-state index in [9.17, 15) is 26.4 Å². The van der Waals surface area contributed by atoms with Crippen LogP contribution < -0.4 is 9.73 Å². The Balaban J connectivity index is 1.62. The summed E-state index contributed by atoms with van der Waals surface area (Å²) in [6.07, 6.45) is -3.42. The van der Waals surface area contributed by atoms with Gasteiger partial charge in [0.25, 0.3) is 15.9 Å². The number of benzene rings is 3. The van der Waals surface area contributed by atoms with Gasteiger partial charge < -0.3 is 4.57 Å². The highest BCUT2D eigenvalue weighted by molar-refractivity contribution is 7.92. The average molecular weight is 603 g/mol. The topological polar surface area (TPSA) is 83.8 Å². The van der Waals surface area contributed by atoms with Gasteiger partial charge in [0.05, 0.1) is 27.4 Å². The number of anilines is 1. The molecule has 0 saturated carbocycles. The monoisotopic (exact) mass is 602 g/mol. The molecule has 0 spiro atoms. The van der Waals surface area contributed by atoms with Gasteiger partial charge in [-0.3, -0.25) is 9.10 Å². The fraction of sp³-hybridized carbons (Fsp3) is 0.172. The van der Waals surface area contributed by atoms with Crippen LogP contribution in [0.5, 0.6) is 0 Å². The molecule has 0 aliphatic heterocycles. The summed E-state index contributed by atoms with van der Waals surface area (Å²) in [5.41, 5.74) is 4.90. The zero-order chi connectivity index (χ0) is 29.9. The number of sulfonamides is 1. The first-order valence-corrected chi connectivity index (χ1v) is 14.1. The van der Waals surface area contributed by atoms with Crippen molar-refractivity contribution in [2.75, 3.05) is 10.8 Å². The number of nitrogens with zero attached hydrogens (tertiary/aromatic N) is 3. The van der Waals surface area contributed by atoms with Gasteiger partial charge in [0, 0.05) is 22.6 Å². The third-order valence-electron chi connectivity index (χ3n) is 6.32. The van der Waals surface area contributed by atoms with Crippen molar-refractivity contribution in [2.45, 2.75) is 31.8 Å². The third kappa shape index (κ3) is 6.63. The highest BCUT2D eigenvalue weighted by Gasteiger charge is 2.35. The molecule has 0 unspecified atom stereocenters. The lowest BCUT2D eigenvalue weighted by Gasteiger charge is -2.25. The van der Waals surface area contributed by atoms with Crippen molar-refractivity contribution >= 4 is 39.4 Å². The molecule has 0 aliphatic rings. The predicted octanol–water partition coefficient (Wildman–Crippen LogP) is 6.42. The maximum absolute atomic E-state index is 13.6. The Labute approximate surface area is 240 Å². The number of hydrogen-bond donors (Lipinski definition) is 1. The maximum Gasteiger partial charge on any atom is 0.417 e. The average Bonchev–Trinajstić information content (AvgIpc) is 3.20. The van der Waals surface area contributed by atoms with Crippen molar-refractivity contribution in [3.8, 4) is 5.69 Å². The van der Waals surface area contributed by atoms with Crippen molar-refractivity contribution in [3.05, 3.63) is 112 Å². The van der Waals surface area contributed by atoms with E-state index < -0.39 is 39.2 Å². The van der Waals surface area contributed by atoms with Crippen LogP contribution in [0.15, 0.2) is 88.9 Å². The van der Waals surface area contributed by atoms with Gasteiger partial charge in [0.2, 0.25) is 0 Å². The van der Waals surface area contributed by atoms with Gasteiger partial charge in [-0.1, -0.05) is 47.5 Å². The minimum absolute atomic E-state index is 0.198. The first kappa shape index (κ1) is 29.9. The van der Waals surface area contributed by atoms with E-state index in [0.717, 1.165) is 34.8 Å². The summed E-state index contributed by atoms with van der Waals surface area (Å²) < 4.78 is 70.4. The zero-order valence-corrected chi connectivity index (χ0v) is 23.8. The van der Waals surface area contributed by atoms with Crippen LogP contribution in [0, 0.1) is 20.8 Å². The molecule has 0 fully saturated rings. The van der Waals surface area contributed by atoms with Gasteiger partial charge in [-0.15, -0.1) is 0 Å². The quantitative estimate of drug-likeness (QED) is 0.187. The van der Waals surface area contributed by atoms with Crippen molar-refractivity contribution in [3.63, 3.8) is 0 Å². The van der Waals surface area contributed by atoms with E-state index in [1.54, 1.807) is 19.1 Å². The van der Waals surface area contributed by atoms with E-state index in [1.165, 1.54) is 18.3 Å². The van der Waals surface area contributed by atoms with Gasteiger partial charge in [0.15, 0.2) is 0 Å². The molecule has 0 atom stereocenters. The second-order valence-electron chi connectivity index (χ2n) is 9.28. The predicted molar refractivity (Wildman–Crippen MR) is 153 cm³/mol. The van der Waals surface area contributed by atoms with Crippen LogP contribution in [-0.2, 0) is 21.0 Å². The molecule has 41 heavy (non-hydrogen) atoms. The Bertz CT molecular complexity index is 1700. The molecule has 4 rings (SSSR count). The SMILES string of the molecule is Cc1ccc(S(=O)(=O)N(CC(=O)N/N=C\c2cc(C)n(-c3ccccc3)c2C)c2ccc(Cl)c(C(F)(F)F)c2)cc1. The van der Waals surface area contributed by atoms with E-state index in [4.69, 9.17) is 11.6 Å². The van der Waals surface area contributed by atoms with Gasteiger partial charge in [-0.2, -0.15) is 18.3 Å². The number of rotatable bonds is 8. The molecular formula is C29H26ClF3N4O3S. The molecule has 7 nitrogen and oxygen atoms in total. The highest BCUT2D eigenvalue weighted by Crippen LogP contribution is 2.38. The fourth-order valence-electron chi connectivity index (χ4n) is 4.27. The van der Waals surface area contributed by atoms with Crippen LogP contribution in [0.2, 0.25) is 5.02 Å². The Kier molecular flexibility index (Phi) is 8.60. The first-order chi connectivity index (χ1) is 19.3. The molecule has 3 aromatic carbocycles. The van der Waals surface area contributed by atoms with Gasteiger partial charge >= 0.3 is 6.18 Å². The molecule has 0 bridgehead atoms. The Hall–Kier alpha value is -4.09. The lowest BCUT2D eigenvalue weighted by molar-refractivity contribution is -0.137. The summed E-state index contributed by atoms with van der Waals surface area (Å²) in [6, 6.07) is 19.9. The number of carbonyl (C=O) groups excluding carboxylic acids is 1.